The highest BCUT2D eigenvalue weighted by atomic mass is 15.3. The normalized spacial score (nSPS) is 38.5. The van der Waals surface area contributed by atoms with E-state index in [2.05, 4.69) is 88.8 Å². The Morgan fingerprint density at radius 3 is 1.25 bits per heavy atom. The number of likely N-dealkylation sites (tertiary alicyclic amines) is 3. The van der Waals surface area contributed by atoms with Gasteiger partial charge in [-0.2, -0.15) is 0 Å². The second kappa shape index (κ2) is 14.5. The lowest BCUT2D eigenvalue weighted by atomic mass is 9.95. The lowest BCUT2D eigenvalue weighted by Crippen LogP contribution is -2.51. The monoisotopic (exact) mass is 613 g/mol. The van der Waals surface area contributed by atoms with Crippen LogP contribution in [0.25, 0.3) is 0 Å². The minimum atomic E-state index is 0.409. The van der Waals surface area contributed by atoms with Gasteiger partial charge in [0.05, 0.1) is 0 Å². The summed E-state index contributed by atoms with van der Waals surface area (Å²) in [4.78, 5) is 10.8. The number of rotatable bonds is 2. The van der Waals surface area contributed by atoms with E-state index in [1.807, 2.05) is 0 Å². The fraction of sp³-hybridized carbons (Fsp3) is 1.00. The van der Waals surface area contributed by atoms with Gasteiger partial charge in [-0.25, -0.2) is 0 Å². The molecule has 44 heavy (non-hydrogen) atoms. The van der Waals surface area contributed by atoms with E-state index in [-0.39, 0.29) is 0 Å². The molecule has 8 rings (SSSR count). The highest BCUT2D eigenvalue weighted by Crippen LogP contribution is 2.42. The molecule has 0 radical (unpaired) electrons. The van der Waals surface area contributed by atoms with Crippen molar-refractivity contribution >= 4 is 0 Å². The van der Waals surface area contributed by atoms with Gasteiger partial charge in [0.1, 0.15) is 0 Å². The molecule has 3 aliphatic carbocycles. The van der Waals surface area contributed by atoms with Gasteiger partial charge < -0.3 is 4.90 Å². The van der Waals surface area contributed by atoms with Crippen molar-refractivity contribution in [2.45, 2.75) is 206 Å². The molecule has 0 aromatic rings. The lowest BCUT2D eigenvalue weighted by Gasteiger charge is -2.44. The minimum Gasteiger partial charge on any atom is -0.300 e. The Labute approximate surface area is 275 Å². The highest BCUT2D eigenvalue weighted by molar-refractivity contribution is 4.98. The largest absolute Gasteiger partial charge is 0.300 e. The van der Waals surface area contributed by atoms with Gasteiger partial charge in [-0.1, -0.05) is 6.42 Å². The highest BCUT2D eigenvalue weighted by Gasteiger charge is 2.43. The zero-order chi connectivity index (χ0) is 31.8. The fourth-order valence-electron chi connectivity index (χ4n) is 11.2. The molecule has 8 aliphatic rings. The van der Waals surface area contributed by atoms with Gasteiger partial charge in [0.25, 0.3) is 0 Å². The van der Waals surface area contributed by atoms with Crippen molar-refractivity contribution in [1.82, 2.24) is 19.6 Å². The molecule has 0 spiro atoms. The van der Waals surface area contributed by atoms with Gasteiger partial charge >= 0.3 is 0 Å². The molecule has 4 nitrogen and oxygen atoms in total. The molecule has 256 valence electrons. The molecule has 0 aromatic heterocycles. The van der Waals surface area contributed by atoms with E-state index in [9.17, 15) is 0 Å². The Morgan fingerprint density at radius 2 is 0.932 bits per heavy atom. The molecule has 0 amide bonds. The summed E-state index contributed by atoms with van der Waals surface area (Å²) in [5.74, 6) is 4.21. The predicted octanol–water partition coefficient (Wildman–Crippen LogP) is 9.08. The van der Waals surface area contributed by atoms with Crippen molar-refractivity contribution < 1.29 is 0 Å². The summed E-state index contributed by atoms with van der Waals surface area (Å²) in [6.07, 6.45) is 20.8. The van der Waals surface area contributed by atoms with Crippen LogP contribution in [-0.4, -0.2) is 93.1 Å². The fourth-order valence-corrected chi connectivity index (χ4v) is 11.2. The standard InChI is InChI=1S/C11H21N.2C10H19N.C9H17N/c1-11(2,3)12-9-5-4-6-10(12)8-7-9;1-10(2,3)11-7-8-4-5-9(11)6-8;1-8(2)11-6-9-3-4-10(5-9)7-11;1-7(2)10-6-8-3-4-9(10)5-8/h9-10H,4-8H2,1-3H3;8-9H,4-7H2,1-3H3;8-10H,3-7H2,1-2H3;7-9H,3-6H2,1-2H3. The van der Waals surface area contributed by atoms with Gasteiger partial charge in [0.15, 0.2) is 0 Å². The van der Waals surface area contributed by atoms with Crippen molar-refractivity contribution in [2.75, 3.05) is 26.2 Å². The minimum absolute atomic E-state index is 0.409. The number of piperidine rings is 4. The smallest absolute Gasteiger partial charge is 0.0130 e. The van der Waals surface area contributed by atoms with Gasteiger partial charge in [-0.05, 0) is 176 Å². The van der Waals surface area contributed by atoms with Crippen LogP contribution >= 0.6 is 0 Å². The van der Waals surface area contributed by atoms with Crippen LogP contribution in [-0.2, 0) is 0 Å². The van der Waals surface area contributed by atoms with Crippen LogP contribution in [0.4, 0.5) is 0 Å². The van der Waals surface area contributed by atoms with Crippen LogP contribution in [0.1, 0.15) is 159 Å². The molecule has 8 fully saturated rings. The molecule has 5 aliphatic heterocycles. The van der Waals surface area contributed by atoms with Crippen molar-refractivity contribution in [3.05, 3.63) is 0 Å². The molecule has 8 atom stereocenters. The first-order valence-electron chi connectivity index (χ1n) is 19.7. The third kappa shape index (κ3) is 8.65. The molecule has 0 N–H and O–H groups in total. The second-order valence-electron chi connectivity index (χ2n) is 19.3. The van der Waals surface area contributed by atoms with Gasteiger partial charge in [0.2, 0.25) is 0 Å². The predicted molar refractivity (Wildman–Crippen MR) is 190 cm³/mol. The average molecular weight is 613 g/mol. The van der Waals surface area contributed by atoms with Crippen molar-refractivity contribution in [3.8, 4) is 0 Å². The molecule has 5 saturated heterocycles. The summed E-state index contributed by atoms with van der Waals surface area (Å²) < 4.78 is 0. The molecule has 8 unspecified atom stereocenters. The van der Waals surface area contributed by atoms with Crippen LogP contribution in [0, 0.1) is 23.7 Å². The first-order valence-corrected chi connectivity index (χ1v) is 19.7. The summed E-state index contributed by atoms with van der Waals surface area (Å²) in [5.41, 5.74) is 0.825. The van der Waals surface area contributed by atoms with Crippen LogP contribution in [0.5, 0.6) is 0 Å². The summed E-state index contributed by atoms with van der Waals surface area (Å²) in [5, 5.41) is 0. The van der Waals surface area contributed by atoms with Gasteiger partial charge in [-0.15, -0.1) is 0 Å². The van der Waals surface area contributed by atoms with E-state index in [0.29, 0.717) is 11.1 Å². The van der Waals surface area contributed by atoms with E-state index in [0.717, 1.165) is 59.9 Å². The molecule has 5 heterocycles. The zero-order valence-electron chi connectivity index (χ0n) is 31.3. The Bertz CT molecular complexity index is 857. The van der Waals surface area contributed by atoms with E-state index in [1.165, 1.54) is 116 Å². The summed E-state index contributed by atoms with van der Waals surface area (Å²) in [6.45, 7) is 28.9. The number of nitrogens with zero attached hydrogens (tertiary/aromatic N) is 4. The second-order valence-corrected chi connectivity index (χ2v) is 19.3. The topological polar surface area (TPSA) is 13.0 Å². The molecule has 0 aromatic carbocycles. The molecule has 8 bridgehead atoms. The van der Waals surface area contributed by atoms with Crippen LogP contribution in [0.3, 0.4) is 0 Å². The zero-order valence-corrected chi connectivity index (χ0v) is 31.3. The lowest BCUT2D eigenvalue weighted by molar-refractivity contribution is 0.0441. The maximum atomic E-state index is 2.77. The van der Waals surface area contributed by atoms with E-state index in [1.54, 1.807) is 0 Å². The number of hydrogen-bond acceptors (Lipinski definition) is 4. The third-order valence-electron chi connectivity index (χ3n) is 13.2. The van der Waals surface area contributed by atoms with Crippen LogP contribution in [0.15, 0.2) is 0 Å². The number of hydrogen-bond donors (Lipinski definition) is 0. The van der Waals surface area contributed by atoms with Crippen molar-refractivity contribution in [1.29, 1.82) is 0 Å². The van der Waals surface area contributed by atoms with Gasteiger partial charge in [-0.3, -0.25) is 14.7 Å². The molecular weight excluding hydrogens is 536 g/mol. The first-order chi connectivity index (χ1) is 20.7. The van der Waals surface area contributed by atoms with E-state index >= 15 is 0 Å². The molecule has 3 saturated carbocycles. The first kappa shape index (κ1) is 35.2. The Hall–Kier alpha value is -0.160. The number of fused-ring (bicyclic) bond motifs is 8. The maximum absolute atomic E-state index is 2.77. The molecule has 4 heteroatoms. The maximum Gasteiger partial charge on any atom is 0.0130 e. The third-order valence-corrected chi connectivity index (χ3v) is 13.2. The van der Waals surface area contributed by atoms with E-state index < -0.39 is 0 Å². The summed E-state index contributed by atoms with van der Waals surface area (Å²) in [6, 6.07) is 5.30. The SMILES string of the molecule is CC(C)(C)N1C2CCCC1CC2.CC(C)(C)N1CC2CCC1C2.CC(C)N1CC2CCC(C2)C1.CC(C)N1CC2CCC1C2. The Kier molecular flexibility index (Phi) is 11.6. The van der Waals surface area contributed by atoms with Gasteiger partial charge in [0, 0.05) is 73.5 Å². The van der Waals surface area contributed by atoms with Crippen molar-refractivity contribution in [3.63, 3.8) is 0 Å². The molecular formula is C40H76N4. The van der Waals surface area contributed by atoms with Crippen LogP contribution < -0.4 is 0 Å². The average Bonchev–Trinajstić information content (AvgIpc) is 3.81. The summed E-state index contributed by atoms with van der Waals surface area (Å²) >= 11 is 0. The van der Waals surface area contributed by atoms with Crippen molar-refractivity contribution in [2.24, 2.45) is 23.7 Å². The van der Waals surface area contributed by atoms with Crippen LogP contribution in [0.2, 0.25) is 0 Å². The van der Waals surface area contributed by atoms with E-state index in [4.69, 9.17) is 0 Å². The quantitative estimate of drug-likeness (QED) is 0.308. The Balaban J connectivity index is 0.000000117. The summed E-state index contributed by atoms with van der Waals surface area (Å²) in [7, 11) is 0. The Morgan fingerprint density at radius 1 is 0.455 bits per heavy atom.